The molecule has 0 unspecified atom stereocenters. The highest BCUT2D eigenvalue weighted by Gasteiger charge is 2.22. The first kappa shape index (κ1) is 46.1. The molecule has 0 aromatic rings. The van der Waals surface area contributed by atoms with E-state index < -0.39 is 0 Å². The van der Waals surface area contributed by atoms with E-state index in [4.69, 9.17) is 15.3 Å². The number of amidine groups is 1. The van der Waals surface area contributed by atoms with Gasteiger partial charge in [-0.15, -0.1) is 0 Å². The lowest BCUT2D eigenvalue weighted by molar-refractivity contribution is -0.107. The normalized spacial score (nSPS) is 13.0. The Bertz CT molecular complexity index is 827. The van der Waals surface area contributed by atoms with E-state index in [0.717, 1.165) is 45.2 Å². The summed E-state index contributed by atoms with van der Waals surface area (Å²) in [5.74, 6) is 1.39. The highest BCUT2D eigenvalue weighted by Crippen LogP contribution is 2.36. The summed E-state index contributed by atoms with van der Waals surface area (Å²) in [5, 5.41) is 6.59. The van der Waals surface area contributed by atoms with Crippen molar-refractivity contribution in [1.82, 2.24) is 10.2 Å². The van der Waals surface area contributed by atoms with Crippen LogP contribution < -0.4 is 11.1 Å². The molecule has 0 spiro atoms. The van der Waals surface area contributed by atoms with Crippen LogP contribution >= 0.6 is 0 Å². The number of rotatable bonds is 39. The van der Waals surface area contributed by atoms with Gasteiger partial charge in [-0.05, 0) is 102 Å². The second-order valence-corrected chi connectivity index (χ2v) is 14.7. The zero-order valence-corrected chi connectivity index (χ0v) is 33.0. The van der Waals surface area contributed by atoms with Gasteiger partial charge in [-0.2, -0.15) is 0 Å². The molecule has 0 aromatic heterocycles. The SMILES string of the molecule is C=NO/C(N)=N\CNCCCN(CCCCCCCC=O)CCCCCCCC(OC(CCCCCCCC)CCCCCCCC)=C1CC1. The fraction of sp³-hybridized carbons (Fsp3) is 0.881. The number of carbonyl (C=O) groups is 1. The average molecular weight is 704 g/mol. The summed E-state index contributed by atoms with van der Waals surface area (Å²) in [6.07, 6.45) is 38.2. The van der Waals surface area contributed by atoms with Gasteiger partial charge < -0.3 is 25.0 Å². The van der Waals surface area contributed by atoms with E-state index in [1.165, 1.54) is 173 Å². The number of aliphatic imine (C=N–C) groups is 1. The summed E-state index contributed by atoms with van der Waals surface area (Å²) in [7, 11) is 0. The van der Waals surface area contributed by atoms with Gasteiger partial charge in [0.1, 0.15) is 6.29 Å². The lowest BCUT2D eigenvalue weighted by atomic mass is 10.0. The summed E-state index contributed by atoms with van der Waals surface area (Å²) in [6, 6.07) is 0.0337. The Kier molecular flexibility index (Phi) is 32.7. The molecule has 8 heteroatoms. The monoisotopic (exact) mass is 704 g/mol. The molecule has 292 valence electrons. The van der Waals surface area contributed by atoms with Crippen LogP contribution in [0.2, 0.25) is 0 Å². The Morgan fingerprint density at radius 2 is 1.28 bits per heavy atom. The summed E-state index contributed by atoms with van der Waals surface area (Å²) >= 11 is 0. The molecule has 8 nitrogen and oxygen atoms in total. The molecular formula is C42H81N5O3. The van der Waals surface area contributed by atoms with Gasteiger partial charge in [0.25, 0.3) is 0 Å². The van der Waals surface area contributed by atoms with Gasteiger partial charge in [0.05, 0.1) is 18.5 Å². The number of allylic oxidation sites excluding steroid dienone is 2. The highest BCUT2D eigenvalue weighted by molar-refractivity contribution is 5.71. The number of hydrogen-bond donors (Lipinski definition) is 2. The number of oxime groups is 1. The van der Waals surface area contributed by atoms with Crippen LogP contribution in [0, 0.1) is 0 Å². The third-order valence-electron chi connectivity index (χ3n) is 9.97. The van der Waals surface area contributed by atoms with Crippen LogP contribution in [0.1, 0.15) is 200 Å². The predicted octanol–water partition coefficient (Wildman–Crippen LogP) is 11.0. The minimum Gasteiger partial charge on any atom is -0.495 e. The number of nitrogens with zero attached hydrogens (tertiary/aromatic N) is 3. The number of carbonyl (C=O) groups excluding carboxylic acids is 1. The molecule has 0 bridgehead atoms. The van der Waals surface area contributed by atoms with Crippen molar-refractivity contribution < 1.29 is 14.4 Å². The molecule has 0 radical (unpaired) electrons. The van der Waals surface area contributed by atoms with Crippen molar-refractivity contribution in [3.63, 3.8) is 0 Å². The van der Waals surface area contributed by atoms with Gasteiger partial charge in [-0.1, -0.05) is 122 Å². The lowest BCUT2D eigenvalue weighted by Gasteiger charge is -2.23. The number of hydrogen-bond acceptors (Lipinski definition) is 7. The van der Waals surface area contributed by atoms with E-state index in [9.17, 15) is 4.79 Å². The molecule has 0 aromatic carbocycles. The maximum Gasteiger partial charge on any atom is 0.313 e. The van der Waals surface area contributed by atoms with Crippen LogP contribution in [0.5, 0.6) is 0 Å². The van der Waals surface area contributed by atoms with Crippen molar-refractivity contribution in [2.24, 2.45) is 15.9 Å². The minimum absolute atomic E-state index is 0.0337. The van der Waals surface area contributed by atoms with Crippen molar-refractivity contribution in [1.29, 1.82) is 0 Å². The number of nitrogens with two attached hydrogens (primary N) is 1. The molecule has 0 heterocycles. The molecule has 1 fully saturated rings. The molecule has 1 aliphatic rings. The van der Waals surface area contributed by atoms with E-state index in [1.807, 2.05) is 0 Å². The van der Waals surface area contributed by atoms with E-state index in [0.29, 0.717) is 19.2 Å². The third-order valence-corrected chi connectivity index (χ3v) is 9.97. The number of unbranched alkanes of at least 4 members (excludes halogenated alkanes) is 19. The smallest absolute Gasteiger partial charge is 0.313 e. The minimum atomic E-state index is 0.0337. The van der Waals surface area contributed by atoms with Crippen molar-refractivity contribution in [2.45, 2.75) is 206 Å². The maximum absolute atomic E-state index is 10.6. The quantitative estimate of drug-likeness (QED) is 0.0165. The number of ether oxygens (including phenoxy) is 1. The lowest BCUT2D eigenvalue weighted by Crippen LogP contribution is -2.30. The second kappa shape index (κ2) is 35.5. The van der Waals surface area contributed by atoms with Gasteiger partial charge >= 0.3 is 6.02 Å². The molecule has 0 saturated heterocycles. The van der Waals surface area contributed by atoms with Crippen LogP contribution in [0.15, 0.2) is 21.5 Å². The Morgan fingerprint density at radius 3 is 1.84 bits per heavy atom. The van der Waals surface area contributed by atoms with Crippen LogP contribution in [-0.4, -0.2) is 62.9 Å². The molecule has 50 heavy (non-hydrogen) atoms. The number of nitrogens with one attached hydrogen (secondary N) is 1. The fourth-order valence-corrected chi connectivity index (χ4v) is 6.74. The Labute approximate surface area is 309 Å². The summed E-state index contributed by atoms with van der Waals surface area (Å²) in [5.41, 5.74) is 7.20. The highest BCUT2D eigenvalue weighted by atomic mass is 16.6. The Morgan fingerprint density at radius 1 is 0.760 bits per heavy atom. The predicted molar refractivity (Wildman–Crippen MR) is 215 cm³/mol. The Hall–Kier alpha value is -1.93. The molecule has 3 N–H and O–H groups in total. The van der Waals surface area contributed by atoms with Gasteiger partial charge in [-0.25, -0.2) is 4.99 Å². The Balaban J connectivity index is 2.40. The molecule has 0 atom stereocenters. The van der Waals surface area contributed by atoms with Crippen molar-refractivity contribution in [3.05, 3.63) is 11.3 Å². The molecule has 1 aliphatic carbocycles. The largest absolute Gasteiger partial charge is 0.495 e. The maximum atomic E-state index is 10.6. The summed E-state index contributed by atoms with van der Waals surface area (Å²) in [6.45, 7) is 12.6. The van der Waals surface area contributed by atoms with Crippen LogP contribution in [0.4, 0.5) is 0 Å². The fourth-order valence-electron chi connectivity index (χ4n) is 6.74. The van der Waals surface area contributed by atoms with Crippen LogP contribution in [0.25, 0.3) is 0 Å². The zero-order chi connectivity index (χ0) is 36.2. The van der Waals surface area contributed by atoms with Crippen LogP contribution in [-0.2, 0) is 14.4 Å². The number of aldehydes is 1. The van der Waals surface area contributed by atoms with Gasteiger partial charge in [0, 0.05) is 19.6 Å². The van der Waals surface area contributed by atoms with E-state index >= 15 is 0 Å². The van der Waals surface area contributed by atoms with Crippen molar-refractivity contribution >= 4 is 19.0 Å². The molecule has 0 aliphatic heterocycles. The molecule has 1 rings (SSSR count). The molecule has 1 saturated carbocycles. The van der Waals surface area contributed by atoms with Gasteiger partial charge in [0.15, 0.2) is 0 Å². The topological polar surface area (TPSA) is 102 Å². The molecule has 0 amide bonds. The first-order valence-electron chi connectivity index (χ1n) is 21.3. The van der Waals surface area contributed by atoms with E-state index in [2.05, 4.69) is 40.9 Å². The first-order valence-corrected chi connectivity index (χ1v) is 21.3. The standard InChI is InChI=1S/C42H81N5O3/c1-4-6-8-10-15-21-28-40(29-22-16-11-9-7-5-2)49-41(39-31-32-39)30-23-17-14-19-25-35-47(34-24-18-12-13-20-26-37-48)36-27-33-45-38-46-42(43)50-44-3/h37,40,45H,3-36,38H2,1-2H3,(H2,43,46). The summed E-state index contributed by atoms with van der Waals surface area (Å²) in [4.78, 5) is 22.0. The van der Waals surface area contributed by atoms with E-state index in [1.54, 1.807) is 5.57 Å². The zero-order valence-electron chi connectivity index (χ0n) is 33.0. The molecular weight excluding hydrogens is 622 g/mol. The van der Waals surface area contributed by atoms with Crippen LogP contribution in [0.3, 0.4) is 0 Å². The van der Waals surface area contributed by atoms with Crippen molar-refractivity contribution in [3.8, 4) is 0 Å². The van der Waals surface area contributed by atoms with E-state index in [-0.39, 0.29) is 6.02 Å². The second-order valence-electron chi connectivity index (χ2n) is 14.7. The summed E-state index contributed by atoms with van der Waals surface area (Å²) < 4.78 is 6.87. The first-order chi connectivity index (χ1) is 24.6. The van der Waals surface area contributed by atoms with Gasteiger partial charge in [-0.3, -0.25) is 5.32 Å². The average Bonchev–Trinajstić information content (AvgIpc) is 3.96. The van der Waals surface area contributed by atoms with Crippen molar-refractivity contribution in [2.75, 3.05) is 32.8 Å². The van der Waals surface area contributed by atoms with Gasteiger partial charge in [0.2, 0.25) is 0 Å². The third kappa shape index (κ3) is 29.8.